The maximum atomic E-state index is 13.0. The largest absolute Gasteiger partial charge is 0.453 e. The second-order valence-corrected chi connectivity index (χ2v) is 11.0. The molecule has 0 bridgehead atoms. The Morgan fingerprint density at radius 2 is 1.65 bits per heavy atom. The number of Topliss-reactive ketones (excluding diaryl/α,β-unsaturated/α-hetero) is 1. The number of carbonyl (C=O) groups is 2. The molecule has 1 aliphatic heterocycles. The molecule has 14 heteroatoms. The molecule has 5 N–H and O–H groups in total. The van der Waals surface area contributed by atoms with Gasteiger partial charge in [-0.25, -0.2) is 9.97 Å². The summed E-state index contributed by atoms with van der Waals surface area (Å²) >= 11 is 0. The molecule has 2 heterocycles. The van der Waals surface area contributed by atoms with Crippen molar-refractivity contribution in [1.82, 2.24) is 15.4 Å². The van der Waals surface area contributed by atoms with Crippen LogP contribution >= 0.6 is 0 Å². The summed E-state index contributed by atoms with van der Waals surface area (Å²) in [6.45, 7) is 23.1. The Morgan fingerprint density at radius 1 is 1.10 bits per heavy atom. The van der Waals surface area contributed by atoms with Gasteiger partial charge in [-0.3, -0.25) is 9.59 Å². The van der Waals surface area contributed by atoms with Crippen molar-refractivity contribution in [3.8, 4) is 12.8 Å². The van der Waals surface area contributed by atoms with Gasteiger partial charge in [-0.05, 0) is 45.6 Å². The van der Waals surface area contributed by atoms with Crippen molar-refractivity contribution in [2.24, 2.45) is 11.0 Å². The molecule has 1 amide bonds. The number of nitrogens with two attached hydrogens (primary N) is 1. The van der Waals surface area contributed by atoms with Crippen LogP contribution in [0.15, 0.2) is 34.5 Å². The van der Waals surface area contributed by atoms with Gasteiger partial charge < -0.3 is 21.9 Å². The zero-order valence-corrected chi connectivity index (χ0v) is 32.2. The molecule has 0 saturated carbocycles. The van der Waals surface area contributed by atoms with E-state index in [1.807, 2.05) is 53.7 Å². The Hall–Kier alpha value is -4.41. The number of carbonyl (C=O) groups excluding carboxylic acids is 2. The Balaban J connectivity index is -0.00000121. The summed E-state index contributed by atoms with van der Waals surface area (Å²) in [6.07, 6.45) is 9.73. The first-order valence-electron chi connectivity index (χ1n) is 17.0. The highest BCUT2D eigenvalue weighted by Crippen LogP contribution is 2.42. The number of amides is 1. The number of hydrogen-bond acceptors (Lipinski definition) is 8. The number of alkyl halides is 5. The van der Waals surface area contributed by atoms with Crippen LogP contribution in [0.1, 0.15) is 120 Å². The molecule has 0 radical (unpaired) electrons. The molecule has 0 aliphatic carbocycles. The van der Waals surface area contributed by atoms with E-state index in [-0.39, 0.29) is 23.7 Å². The van der Waals surface area contributed by atoms with Crippen LogP contribution in [-0.2, 0) is 15.0 Å². The third-order valence-electron chi connectivity index (χ3n) is 7.08. The molecule has 1 aliphatic rings. The second kappa shape index (κ2) is 24.7. The van der Waals surface area contributed by atoms with E-state index in [4.69, 9.17) is 11.1 Å². The van der Waals surface area contributed by atoms with Crippen molar-refractivity contribution < 1.29 is 31.5 Å². The molecule has 9 nitrogen and oxygen atoms in total. The van der Waals surface area contributed by atoms with Gasteiger partial charge in [0.1, 0.15) is 22.8 Å². The van der Waals surface area contributed by atoms with Gasteiger partial charge in [0.15, 0.2) is 5.82 Å². The molecule has 0 saturated heterocycles. The van der Waals surface area contributed by atoms with Crippen molar-refractivity contribution >= 4 is 40.8 Å². The summed E-state index contributed by atoms with van der Waals surface area (Å²) in [5, 5.41) is 15.3. The maximum absolute atomic E-state index is 13.0. The van der Waals surface area contributed by atoms with Crippen LogP contribution in [0.4, 0.5) is 33.6 Å². The summed E-state index contributed by atoms with van der Waals surface area (Å²) in [5.41, 5.74) is 11.1. The molecule has 1 unspecified atom stereocenters. The lowest BCUT2D eigenvalue weighted by atomic mass is 9.80. The fourth-order valence-electron chi connectivity index (χ4n) is 4.21. The topological polar surface area (TPSA) is 146 Å². The van der Waals surface area contributed by atoms with Gasteiger partial charge in [-0.15, -0.1) is 12.8 Å². The first kappa shape index (κ1) is 51.0. The highest BCUT2D eigenvalue weighted by atomic mass is 19.4. The van der Waals surface area contributed by atoms with E-state index >= 15 is 0 Å². The fraction of sp³-hybridized carbons (Fsp3) is 0.568. The van der Waals surface area contributed by atoms with Crippen molar-refractivity contribution in [3.05, 3.63) is 40.8 Å². The molecule has 1 atom stereocenters. The molecule has 0 aromatic carbocycles. The van der Waals surface area contributed by atoms with Crippen LogP contribution in [0.2, 0.25) is 0 Å². The number of nitrogens with zero attached hydrogens (tertiary/aromatic N) is 3. The Labute approximate surface area is 301 Å². The van der Waals surface area contributed by atoms with E-state index in [2.05, 4.69) is 65.5 Å². The summed E-state index contributed by atoms with van der Waals surface area (Å²) in [5.74, 6) is -3.72. The lowest BCUT2D eigenvalue weighted by Gasteiger charge is -2.22. The van der Waals surface area contributed by atoms with E-state index in [1.54, 1.807) is 6.92 Å². The maximum Gasteiger partial charge on any atom is 0.453 e. The van der Waals surface area contributed by atoms with Gasteiger partial charge >= 0.3 is 12.1 Å². The lowest BCUT2D eigenvalue weighted by molar-refractivity contribution is -0.284. The van der Waals surface area contributed by atoms with Gasteiger partial charge in [-0.1, -0.05) is 85.6 Å². The number of aromatic nitrogens is 2. The minimum absolute atomic E-state index is 0.0343. The Kier molecular flexibility index (Phi) is 24.7. The number of nitrogens with one attached hydrogen (secondary N) is 3. The van der Waals surface area contributed by atoms with Gasteiger partial charge in [0.25, 0.3) is 0 Å². The zero-order valence-electron chi connectivity index (χ0n) is 32.2. The van der Waals surface area contributed by atoms with Crippen molar-refractivity contribution in [1.29, 1.82) is 5.41 Å². The normalized spacial score (nSPS) is 15.8. The summed E-state index contributed by atoms with van der Waals surface area (Å²) < 4.78 is 57.4. The predicted octanol–water partition coefficient (Wildman–Crippen LogP) is 9.47. The lowest BCUT2D eigenvalue weighted by Crippen LogP contribution is -2.40. The Morgan fingerprint density at radius 3 is 2.06 bits per heavy atom. The van der Waals surface area contributed by atoms with E-state index < -0.39 is 29.8 Å². The number of hydrazone groups is 1. The van der Waals surface area contributed by atoms with Gasteiger partial charge in [-0.2, -0.15) is 27.1 Å². The number of halogens is 5. The molecular weight excluding hydrogens is 669 g/mol. The third kappa shape index (κ3) is 14.8. The predicted molar refractivity (Wildman–Crippen MR) is 201 cm³/mol. The van der Waals surface area contributed by atoms with E-state index in [9.17, 15) is 31.5 Å². The van der Waals surface area contributed by atoms with E-state index in [1.165, 1.54) is 25.6 Å². The molecule has 0 fully saturated rings. The number of terminal acetylenes is 1. The number of hydrogen-bond donors (Lipinski definition) is 4. The van der Waals surface area contributed by atoms with Gasteiger partial charge in [0.2, 0.25) is 5.91 Å². The second-order valence-electron chi connectivity index (χ2n) is 11.0. The van der Waals surface area contributed by atoms with E-state index in [0.29, 0.717) is 36.1 Å². The highest BCUT2D eigenvalue weighted by Gasteiger charge is 2.56. The molecular formula is C37H58F5N7O2. The van der Waals surface area contributed by atoms with Crippen LogP contribution in [0.25, 0.3) is 5.57 Å². The SMILES string of the molecule is C#C.C/C=C\C(C(=CCC)c1nc(N)c2c(n1)NC(=O)C2(C)C(=N)/C=N\NCCC(C)=O)=C(/C)C(C)C.CC.CC.CCCC(F)(F)C(F)(F)F. The quantitative estimate of drug-likeness (QED) is 0.0398. The number of ketones is 1. The Bertz CT molecular complexity index is 1410. The smallest absolute Gasteiger partial charge is 0.383 e. The molecule has 0 spiro atoms. The van der Waals surface area contributed by atoms with Crippen molar-refractivity contribution in [2.45, 2.75) is 126 Å². The first-order valence-corrected chi connectivity index (χ1v) is 17.0. The number of nitrogen functional groups attached to an aromatic ring is 1. The molecule has 288 valence electrons. The average Bonchev–Trinajstić information content (AvgIpc) is 3.34. The van der Waals surface area contributed by atoms with E-state index in [0.717, 1.165) is 17.6 Å². The molecule has 51 heavy (non-hydrogen) atoms. The minimum atomic E-state index is -5.39. The van der Waals surface area contributed by atoms with Gasteiger partial charge in [0.05, 0.1) is 17.5 Å². The standard InChI is InChI=1S/C26H37N7O2.C5H7F5.2C2H6.C2H2/c1-8-10-18(17(6)15(3)4)19(11-9-2)23-31-22(28)21-24(32-23)33-25(35)26(21,7)20(27)14-30-29-13-12-16(5)34;1-2-3-4(6,7)5(8,9)10;3*1-2/h8,10-11,14-15,27,29H,9,12-13H2,1-7H3,(H3,28,31,32,33,35);2-3H2,1H3;2*1-2H3;1-2H/b10-8-,18-17-,19-11?,27-20?,30-14-;;;;. The molecule has 1 aromatic rings. The molecule has 2 rings (SSSR count). The summed E-state index contributed by atoms with van der Waals surface area (Å²) in [7, 11) is 0. The minimum Gasteiger partial charge on any atom is -0.383 e. The average molecular weight is 728 g/mol. The van der Waals surface area contributed by atoms with Crippen LogP contribution < -0.4 is 16.5 Å². The molecule has 1 aromatic heterocycles. The third-order valence-corrected chi connectivity index (χ3v) is 7.08. The van der Waals surface area contributed by atoms with Crippen molar-refractivity contribution in [3.63, 3.8) is 0 Å². The fourth-order valence-corrected chi connectivity index (χ4v) is 4.21. The van der Waals surface area contributed by atoms with Crippen LogP contribution in [0.5, 0.6) is 0 Å². The summed E-state index contributed by atoms with van der Waals surface area (Å²) in [4.78, 5) is 33.4. The summed E-state index contributed by atoms with van der Waals surface area (Å²) in [6, 6.07) is 0. The number of allylic oxidation sites excluding steroid dienone is 6. The number of anilines is 2. The number of rotatable bonds is 13. The highest BCUT2D eigenvalue weighted by molar-refractivity contribution is 6.41. The zero-order chi connectivity index (χ0) is 40.8. The first-order chi connectivity index (χ1) is 23.8. The van der Waals surface area contributed by atoms with Crippen LogP contribution in [0, 0.1) is 24.2 Å². The monoisotopic (exact) mass is 727 g/mol. The van der Waals surface area contributed by atoms with Crippen LogP contribution in [0.3, 0.4) is 0 Å². The van der Waals surface area contributed by atoms with Gasteiger partial charge in [0, 0.05) is 25.0 Å². The van der Waals surface area contributed by atoms with Crippen molar-refractivity contribution in [2.75, 3.05) is 17.6 Å². The van der Waals surface area contributed by atoms with Crippen LogP contribution in [-0.4, -0.2) is 52.2 Å². The number of fused-ring (bicyclic) bond motifs is 1.